The van der Waals surface area contributed by atoms with Gasteiger partial charge in [0, 0.05) is 16.3 Å². The molecule has 0 bridgehead atoms. The zero-order chi connectivity index (χ0) is 13.8. The summed E-state index contributed by atoms with van der Waals surface area (Å²) in [7, 11) is 1.38. The summed E-state index contributed by atoms with van der Waals surface area (Å²) < 4.78 is 4.79. The predicted molar refractivity (Wildman–Crippen MR) is 78.6 cm³/mol. The number of carbonyl (C=O) groups is 1. The molecule has 0 radical (unpaired) electrons. The van der Waals surface area contributed by atoms with Crippen LogP contribution >= 0.6 is 11.3 Å². The molecule has 0 aliphatic heterocycles. The Morgan fingerprint density at radius 1 is 1.42 bits per heavy atom. The molecule has 3 N–H and O–H groups in total. The van der Waals surface area contributed by atoms with Crippen molar-refractivity contribution in [1.82, 2.24) is 0 Å². The first kappa shape index (κ1) is 13.4. The second kappa shape index (κ2) is 5.75. The molecule has 1 heterocycles. The smallest absolute Gasteiger partial charge is 0.339 e. The Bertz CT molecular complexity index is 593. The van der Waals surface area contributed by atoms with Crippen LogP contribution in [0.5, 0.6) is 0 Å². The molecule has 0 saturated carbocycles. The van der Waals surface area contributed by atoms with Gasteiger partial charge in [0.2, 0.25) is 0 Å². The molecule has 0 aliphatic rings. The maximum absolute atomic E-state index is 11.7. The van der Waals surface area contributed by atoms with E-state index in [1.807, 2.05) is 36.6 Å². The Morgan fingerprint density at radius 2 is 2.21 bits per heavy atom. The number of thiophene rings is 1. The van der Waals surface area contributed by atoms with Crippen LogP contribution in [0.4, 0.5) is 11.4 Å². The molecule has 1 aromatic heterocycles. The molecule has 0 spiro atoms. The highest BCUT2D eigenvalue weighted by Crippen LogP contribution is 2.23. The standard InChI is InChI=1S/C14H16N2O2S/c1-9-3-4-12(10(7-9)14(17)18-2)16-8-13-11(15)5-6-19-13/h3-7,16H,8,15H2,1-2H3. The van der Waals surface area contributed by atoms with Crippen LogP contribution in [0.3, 0.4) is 0 Å². The lowest BCUT2D eigenvalue weighted by Gasteiger charge is -2.11. The van der Waals surface area contributed by atoms with Crippen LogP contribution in [-0.4, -0.2) is 13.1 Å². The van der Waals surface area contributed by atoms with E-state index in [9.17, 15) is 4.79 Å². The maximum Gasteiger partial charge on any atom is 0.339 e. The van der Waals surface area contributed by atoms with E-state index in [1.54, 1.807) is 11.3 Å². The largest absolute Gasteiger partial charge is 0.465 e. The van der Waals surface area contributed by atoms with Crippen molar-refractivity contribution in [3.8, 4) is 0 Å². The normalized spacial score (nSPS) is 10.2. The molecule has 5 heteroatoms. The molecule has 0 fully saturated rings. The van der Waals surface area contributed by atoms with Crippen molar-refractivity contribution >= 4 is 28.7 Å². The summed E-state index contributed by atoms with van der Waals surface area (Å²) in [5.74, 6) is -0.342. The van der Waals surface area contributed by atoms with E-state index in [0.29, 0.717) is 12.1 Å². The first-order valence-corrected chi connectivity index (χ1v) is 6.74. The average molecular weight is 276 g/mol. The number of hydrogen-bond acceptors (Lipinski definition) is 5. The highest BCUT2D eigenvalue weighted by molar-refractivity contribution is 7.10. The number of nitrogens with two attached hydrogens (primary N) is 1. The van der Waals surface area contributed by atoms with Crippen LogP contribution in [-0.2, 0) is 11.3 Å². The van der Waals surface area contributed by atoms with E-state index in [0.717, 1.165) is 21.8 Å². The van der Waals surface area contributed by atoms with Crippen molar-refractivity contribution in [2.24, 2.45) is 0 Å². The maximum atomic E-state index is 11.7. The predicted octanol–water partition coefficient (Wildman–Crippen LogP) is 3.04. The van der Waals surface area contributed by atoms with Gasteiger partial charge < -0.3 is 15.8 Å². The van der Waals surface area contributed by atoms with Crippen LogP contribution in [0, 0.1) is 6.92 Å². The van der Waals surface area contributed by atoms with Crippen molar-refractivity contribution in [1.29, 1.82) is 0 Å². The summed E-state index contributed by atoms with van der Waals surface area (Å²) in [5, 5.41) is 5.18. The summed E-state index contributed by atoms with van der Waals surface area (Å²) in [6, 6.07) is 7.52. The van der Waals surface area contributed by atoms with Crippen molar-refractivity contribution < 1.29 is 9.53 Å². The zero-order valence-corrected chi connectivity index (χ0v) is 11.7. The fourth-order valence-electron chi connectivity index (χ4n) is 1.76. The Hall–Kier alpha value is -2.01. The van der Waals surface area contributed by atoms with Gasteiger partial charge >= 0.3 is 5.97 Å². The molecular weight excluding hydrogens is 260 g/mol. The second-order valence-corrected chi connectivity index (χ2v) is 5.19. The van der Waals surface area contributed by atoms with E-state index in [4.69, 9.17) is 10.5 Å². The van der Waals surface area contributed by atoms with E-state index in [2.05, 4.69) is 5.32 Å². The van der Waals surface area contributed by atoms with Gasteiger partial charge in [0.05, 0.1) is 19.2 Å². The zero-order valence-electron chi connectivity index (χ0n) is 10.9. The van der Waals surface area contributed by atoms with E-state index in [-0.39, 0.29) is 5.97 Å². The highest BCUT2D eigenvalue weighted by atomic mass is 32.1. The highest BCUT2D eigenvalue weighted by Gasteiger charge is 2.12. The molecule has 0 saturated heterocycles. The minimum absolute atomic E-state index is 0.342. The van der Waals surface area contributed by atoms with Gasteiger partial charge in [0.1, 0.15) is 0 Å². The molecule has 0 amide bonds. The van der Waals surface area contributed by atoms with Gasteiger partial charge in [-0.15, -0.1) is 11.3 Å². The summed E-state index contributed by atoms with van der Waals surface area (Å²) in [6.07, 6.45) is 0. The van der Waals surface area contributed by atoms with E-state index >= 15 is 0 Å². The summed E-state index contributed by atoms with van der Waals surface area (Å²) in [4.78, 5) is 12.8. The number of rotatable bonds is 4. The van der Waals surface area contributed by atoms with Crippen LogP contribution in [0.25, 0.3) is 0 Å². The number of ether oxygens (including phenoxy) is 1. The van der Waals surface area contributed by atoms with Crippen molar-refractivity contribution in [2.45, 2.75) is 13.5 Å². The molecule has 2 rings (SSSR count). The summed E-state index contributed by atoms with van der Waals surface area (Å²) in [6.45, 7) is 2.53. The Morgan fingerprint density at radius 3 is 2.84 bits per heavy atom. The van der Waals surface area contributed by atoms with E-state index < -0.39 is 0 Å². The topological polar surface area (TPSA) is 64.3 Å². The molecule has 19 heavy (non-hydrogen) atoms. The lowest BCUT2D eigenvalue weighted by molar-refractivity contribution is 0.0601. The third-order valence-corrected chi connectivity index (χ3v) is 3.74. The van der Waals surface area contributed by atoms with Gasteiger partial charge in [-0.2, -0.15) is 0 Å². The van der Waals surface area contributed by atoms with Crippen LogP contribution in [0.1, 0.15) is 20.8 Å². The number of benzene rings is 1. The van der Waals surface area contributed by atoms with Gasteiger partial charge in [-0.25, -0.2) is 4.79 Å². The van der Waals surface area contributed by atoms with Crippen molar-refractivity contribution in [3.05, 3.63) is 45.6 Å². The molecule has 0 aliphatic carbocycles. The number of anilines is 2. The van der Waals surface area contributed by atoms with Gasteiger partial charge in [-0.3, -0.25) is 0 Å². The lowest BCUT2D eigenvalue weighted by atomic mass is 10.1. The van der Waals surface area contributed by atoms with Crippen LogP contribution < -0.4 is 11.1 Å². The number of carbonyl (C=O) groups excluding carboxylic acids is 1. The SMILES string of the molecule is COC(=O)c1cc(C)ccc1NCc1sccc1N. The number of aryl methyl sites for hydroxylation is 1. The van der Waals surface area contributed by atoms with Gasteiger partial charge in [-0.1, -0.05) is 11.6 Å². The number of esters is 1. The average Bonchev–Trinajstić information content (AvgIpc) is 2.82. The number of nitrogens with one attached hydrogen (secondary N) is 1. The summed E-state index contributed by atoms with van der Waals surface area (Å²) in [5.41, 5.74) is 8.91. The molecule has 0 unspecified atom stereocenters. The Labute approximate surface area is 116 Å². The van der Waals surface area contributed by atoms with Gasteiger partial charge in [0.25, 0.3) is 0 Å². The fourth-order valence-corrected chi connectivity index (χ4v) is 2.50. The Balaban J connectivity index is 2.20. The minimum Gasteiger partial charge on any atom is -0.465 e. The monoisotopic (exact) mass is 276 g/mol. The van der Waals surface area contributed by atoms with Gasteiger partial charge in [-0.05, 0) is 30.5 Å². The molecular formula is C14H16N2O2S. The first-order chi connectivity index (χ1) is 9.11. The first-order valence-electron chi connectivity index (χ1n) is 5.86. The molecule has 1 aromatic carbocycles. The van der Waals surface area contributed by atoms with Crippen LogP contribution in [0.2, 0.25) is 0 Å². The molecule has 0 atom stereocenters. The summed E-state index contributed by atoms with van der Waals surface area (Å²) >= 11 is 1.59. The lowest BCUT2D eigenvalue weighted by Crippen LogP contribution is -2.08. The van der Waals surface area contributed by atoms with Crippen LogP contribution in [0.15, 0.2) is 29.6 Å². The molecule has 2 aromatic rings. The molecule has 100 valence electrons. The number of methoxy groups -OCH3 is 1. The molecule has 4 nitrogen and oxygen atoms in total. The van der Waals surface area contributed by atoms with E-state index in [1.165, 1.54) is 7.11 Å². The third kappa shape index (κ3) is 3.06. The Kier molecular flexibility index (Phi) is 4.06. The minimum atomic E-state index is -0.342. The van der Waals surface area contributed by atoms with Gasteiger partial charge in [0.15, 0.2) is 0 Å². The number of nitrogen functional groups attached to an aromatic ring is 1. The van der Waals surface area contributed by atoms with Crippen molar-refractivity contribution in [3.63, 3.8) is 0 Å². The third-order valence-electron chi connectivity index (χ3n) is 2.80. The number of hydrogen-bond donors (Lipinski definition) is 2. The van der Waals surface area contributed by atoms with Crippen molar-refractivity contribution in [2.75, 3.05) is 18.2 Å². The fraction of sp³-hybridized carbons (Fsp3) is 0.214. The second-order valence-electron chi connectivity index (χ2n) is 4.19. The quantitative estimate of drug-likeness (QED) is 0.842.